The number of amides is 1. The molecule has 5 nitrogen and oxygen atoms in total. The summed E-state index contributed by atoms with van der Waals surface area (Å²) in [5, 5.41) is 7.00. The lowest BCUT2D eigenvalue weighted by molar-refractivity contribution is -0.116. The van der Waals surface area contributed by atoms with Crippen molar-refractivity contribution in [3.8, 4) is 11.5 Å². The van der Waals surface area contributed by atoms with Crippen molar-refractivity contribution in [3.63, 3.8) is 0 Å². The Bertz CT molecular complexity index is 1200. The summed E-state index contributed by atoms with van der Waals surface area (Å²) in [6.45, 7) is 2.50. The minimum Gasteiger partial charge on any atom is -0.493 e. The van der Waals surface area contributed by atoms with Gasteiger partial charge in [0.25, 0.3) is 5.91 Å². The summed E-state index contributed by atoms with van der Waals surface area (Å²) in [6.07, 6.45) is 2.84. The highest BCUT2D eigenvalue weighted by molar-refractivity contribution is 9.10. The number of halogens is 2. The standard InChI is InChI=1S/C26H24BrClN2O3S/c1-3-16-6-10-20(11-7-16)29-26-30-25(31)24(34-26)13-18-12-22(32-2)23(14-21(18)27)33-15-17-4-8-19(28)9-5-17/h4-14,26,29H,3,15H2,1-2H3,(H,30,31)/b24-13-/t26-/m1/s1. The molecule has 3 aromatic carbocycles. The third kappa shape index (κ3) is 6.09. The number of hydrogen-bond acceptors (Lipinski definition) is 5. The van der Waals surface area contributed by atoms with Crippen molar-refractivity contribution in [1.29, 1.82) is 0 Å². The number of carbonyl (C=O) groups excluding carboxylic acids is 1. The number of methoxy groups -OCH3 is 1. The van der Waals surface area contributed by atoms with E-state index in [1.54, 1.807) is 7.11 Å². The molecule has 0 bridgehead atoms. The fourth-order valence-electron chi connectivity index (χ4n) is 3.37. The molecule has 1 amide bonds. The van der Waals surface area contributed by atoms with Crippen molar-refractivity contribution in [3.05, 3.63) is 91.8 Å². The quantitative estimate of drug-likeness (QED) is 0.296. The zero-order valence-corrected chi connectivity index (χ0v) is 21.9. The van der Waals surface area contributed by atoms with E-state index in [1.807, 2.05) is 54.6 Å². The number of thioether (sulfide) groups is 1. The number of nitrogens with one attached hydrogen (secondary N) is 2. The van der Waals surface area contributed by atoms with Gasteiger partial charge in [0.2, 0.25) is 0 Å². The van der Waals surface area contributed by atoms with Crippen LogP contribution in [0, 0.1) is 0 Å². The molecular formula is C26H24BrClN2O3S. The van der Waals surface area contributed by atoms with Crippen molar-refractivity contribution in [2.45, 2.75) is 25.4 Å². The number of carbonyl (C=O) groups is 1. The molecule has 1 aliphatic rings. The number of benzene rings is 3. The monoisotopic (exact) mass is 558 g/mol. The minimum atomic E-state index is -0.242. The van der Waals surface area contributed by atoms with Crippen LogP contribution in [-0.4, -0.2) is 18.5 Å². The third-order valence-corrected chi connectivity index (χ3v) is 7.24. The van der Waals surface area contributed by atoms with Gasteiger partial charge in [0, 0.05) is 15.2 Å². The van der Waals surface area contributed by atoms with Gasteiger partial charge in [-0.3, -0.25) is 4.79 Å². The first-order chi connectivity index (χ1) is 16.4. The van der Waals surface area contributed by atoms with E-state index < -0.39 is 0 Å². The lowest BCUT2D eigenvalue weighted by Crippen LogP contribution is -2.30. The molecule has 176 valence electrons. The van der Waals surface area contributed by atoms with E-state index in [2.05, 4.69) is 45.6 Å². The van der Waals surface area contributed by atoms with Gasteiger partial charge in [0.15, 0.2) is 17.0 Å². The number of ether oxygens (including phenoxy) is 2. The number of aryl methyl sites for hydroxylation is 1. The first-order valence-corrected chi connectivity index (χ1v) is 12.8. The molecule has 1 atom stereocenters. The zero-order valence-electron chi connectivity index (χ0n) is 18.7. The summed E-state index contributed by atoms with van der Waals surface area (Å²) in [5.41, 5.74) is 3.81. The van der Waals surface area contributed by atoms with Crippen LogP contribution < -0.4 is 20.1 Å². The largest absolute Gasteiger partial charge is 0.493 e. The maximum absolute atomic E-state index is 12.6. The fourth-order valence-corrected chi connectivity index (χ4v) is 4.91. The van der Waals surface area contributed by atoms with Crippen molar-refractivity contribution in [1.82, 2.24) is 5.32 Å². The Morgan fingerprint density at radius 3 is 2.47 bits per heavy atom. The summed E-state index contributed by atoms with van der Waals surface area (Å²) in [5.74, 6) is 1.06. The summed E-state index contributed by atoms with van der Waals surface area (Å²) in [6, 6.07) is 19.4. The van der Waals surface area contributed by atoms with E-state index in [0.717, 1.165) is 27.7 Å². The summed E-state index contributed by atoms with van der Waals surface area (Å²) >= 11 is 11.0. The van der Waals surface area contributed by atoms with Crippen LogP contribution in [0.2, 0.25) is 5.02 Å². The molecule has 1 saturated heterocycles. The molecule has 2 N–H and O–H groups in total. The topological polar surface area (TPSA) is 59.6 Å². The Morgan fingerprint density at radius 1 is 1.09 bits per heavy atom. The maximum Gasteiger partial charge on any atom is 0.260 e. The van der Waals surface area contributed by atoms with Crippen LogP contribution in [0.3, 0.4) is 0 Å². The zero-order chi connectivity index (χ0) is 24.1. The molecule has 34 heavy (non-hydrogen) atoms. The molecule has 4 rings (SSSR count). The first-order valence-electron chi connectivity index (χ1n) is 10.7. The summed E-state index contributed by atoms with van der Waals surface area (Å²) < 4.78 is 12.3. The average molecular weight is 560 g/mol. The predicted molar refractivity (Wildman–Crippen MR) is 143 cm³/mol. The Balaban J connectivity index is 1.46. The van der Waals surface area contributed by atoms with Crippen LogP contribution in [0.4, 0.5) is 5.69 Å². The van der Waals surface area contributed by atoms with Gasteiger partial charge in [-0.2, -0.15) is 0 Å². The Labute approximate surface area is 217 Å². The van der Waals surface area contributed by atoms with Crippen LogP contribution in [-0.2, 0) is 17.8 Å². The lowest BCUT2D eigenvalue weighted by atomic mass is 10.1. The minimum absolute atomic E-state index is 0.124. The molecule has 0 spiro atoms. The second-order valence-electron chi connectivity index (χ2n) is 7.61. The number of rotatable bonds is 8. The van der Waals surface area contributed by atoms with Gasteiger partial charge in [-0.1, -0.05) is 70.5 Å². The average Bonchev–Trinajstić information content (AvgIpc) is 3.18. The fraction of sp³-hybridized carbons (Fsp3) is 0.192. The molecule has 1 aliphatic heterocycles. The molecular weight excluding hydrogens is 536 g/mol. The van der Waals surface area contributed by atoms with Crippen molar-refractivity contribution in [2.75, 3.05) is 12.4 Å². The first kappa shape index (κ1) is 24.5. The van der Waals surface area contributed by atoms with Gasteiger partial charge in [-0.05, 0) is 65.6 Å². The van der Waals surface area contributed by atoms with E-state index in [0.29, 0.717) is 28.0 Å². The van der Waals surface area contributed by atoms with E-state index in [-0.39, 0.29) is 11.4 Å². The van der Waals surface area contributed by atoms with Gasteiger partial charge >= 0.3 is 0 Å². The molecule has 1 fully saturated rings. The molecule has 3 aromatic rings. The van der Waals surface area contributed by atoms with Crippen LogP contribution >= 0.6 is 39.3 Å². The van der Waals surface area contributed by atoms with Crippen molar-refractivity contribution < 1.29 is 14.3 Å². The van der Waals surface area contributed by atoms with Gasteiger partial charge in [-0.15, -0.1) is 0 Å². The highest BCUT2D eigenvalue weighted by Gasteiger charge is 2.27. The number of anilines is 1. The Morgan fingerprint density at radius 2 is 1.79 bits per heavy atom. The van der Waals surface area contributed by atoms with E-state index >= 15 is 0 Å². The van der Waals surface area contributed by atoms with Gasteiger partial charge < -0.3 is 20.1 Å². The van der Waals surface area contributed by atoms with Gasteiger partial charge in [-0.25, -0.2) is 0 Å². The van der Waals surface area contributed by atoms with Crippen LogP contribution in [0.5, 0.6) is 11.5 Å². The molecule has 1 heterocycles. The molecule has 0 radical (unpaired) electrons. The highest BCUT2D eigenvalue weighted by Crippen LogP contribution is 2.37. The van der Waals surface area contributed by atoms with Crippen LogP contribution in [0.25, 0.3) is 6.08 Å². The van der Waals surface area contributed by atoms with Crippen LogP contribution in [0.15, 0.2) is 70.0 Å². The molecule has 0 aromatic heterocycles. The second-order valence-corrected chi connectivity index (χ2v) is 10.1. The van der Waals surface area contributed by atoms with Crippen molar-refractivity contribution >= 4 is 57.0 Å². The van der Waals surface area contributed by atoms with E-state index in [1.165, 1.54) is 17.3 Å². The normalized spacial score (nSPS) is 16.4. The highest BCUT2D eigenvalue weighted by atomic mass is 79.9. The summed E-state index contributed by atoms with van der Waals surface area (Å²) in [7, 11) is 1.59. The Kier molecular flexibility index (Phi) is 8.08. The predicted octanol–water partition coefficient (Wildman–Crippen LogP) is 6.85. The van der Waals surface area contributed by atoms with E-state index in [4.69, 9.17) is 21.1 Å². The van der Waals surface area contributed by atoms with Gasteiger partial charge in [0.05, 0.1) is 12.0 Å². The Hall–Kier alpha value is -2.61. The van der Waals surface area contributed by atoms with Crippen LogP contribution in [0.1, 0.15) is 23.6 Å². The molecule has 0 unspecified atom stereocenters. The third-order valence-electron chi connectivity index (χ3n) is 5.27. The molecule has 0 aliphatic carbocycles. The lowest BCUT2D eigenvalue weighted by Gasteiger charge is -2.13. The smallest absolute Gasteiger partial charge is 0.260 e. The number of hydrogen-bond donors (Lipinski definition) is 2. The van der Waals surface area contributed by atoms with Gasteiger partial charge in [0.1, 0.15) is 6.61 Å². The maximum atomic E-state index is 12.6. The molecule has 8 heteroatoms. The summed E-state index contributed by atoms with van der Waals surface area (Å²) in [4.78, 5) is 13.2. The second kappa shape index (κ2) is 11.2. The van der Waals surface area contributed by atoms with E-state index in [9.17, 15) is 4.79 Å². The van der Waals surface area contributed by atoms with Crippen molar-refractivity contribution in [2.24, 2.45) is 0 Å². The SMILES string of the molecule is CCc1ccc(N[C@@H]2NC(=O)/C(=C/c3cc(OC)c(OCc4ccc(Cl)cc4)cc3Br)S2)cc1. The molecule has 0 saturated carbocycles.